The van der Waals surface area contributed by atoms with E-state index in [9.17, 15) is 19.1 Å². The number of carboxylic acids is 1. The molecule has 0 radical (unpaired) electrons. The number of likely N-dealkylation sites (tertiary alicyclic amines) is 1. The van der Waals surface area contributed by atoms with Crippen LogP contribution in [0.15, 0.2) is 46.0 Å². The second-order valence-corrected chi connectivity index (χ2v) is 13.0. The van der Waals surface area contributed by atoms with Gasteiger partial charge in [0.25, 0.3) is 5.92 Å². The highest BCUT2D eigenvalue weighted by molar-refractivity contribution is 7.11. The Labute approximate surface area is 262 Å². The van der Waals surface area contributed by atoms with Gasteiger partial charge in [-0.15, -0.1) is 11.3 Å². The van der Waals surface area contributed by atoms with Crippen molar-refractivity contribution in [3.63, 3.8) is 0 Å². The molecule has 2 saturated heterocycles. The number of nitrogens with one attached hydrogen (secondary N) is 1. The SMILES string of the molecule is CCOC(=O)C1=C(CN2CC(F)(F)[C@@H]3[C@H]2CN(C)N3CCC(C)(C)C(=O)O)NC(c2nccs2)=N[C@H]1c1cccc(F)c1Cl. The Morgan fingerprint density at radius 2 is 2.07 bits per heavy atom. The molecule has 0 unspecified atom stereocenters. The van der Waals surface area contributed by atoms with Crippen molar-refractivity contribution in [2.75, 3.05) is 39.8 Å². The van der Waals surface area contributed by atoms with Crippen LogP contribution >= 0.6 is 22.9 Å². The maximum atomic E-state index is 15.8. The molecule has 2 N–H and O–H groups in total. The molecule has 238 valence electrons. The monoisotopic (exact) mass is 654 g/mol. The highest BCUT2D eigenvalue weighted by Gasteiger charge is 2.61. The Balaban J connectivity index is 1.53. The highest BCUT2D eigenvalue weighted by Crippen LogP contribution is 2.43. The van der Waals surface area contributed by atoms with E-state index in [2.05, 4.69) is 10.3 Å². The van der Waals surface area contributed by atoms with Gasteiger partial charge in [0, 0.05) is 55.6 Å². The number of carbonyl (C=O) groups is 2. The average Bonchev–Trinajstić information content (AvgIpc) is 3.66. The molecule has 0 spiro atoms. The fraction of sp³-hybridized carbons (Fsp3) is 0.517. The molecule has 5 rings (SSSR count). The zero-order chi connectivity index (χ0) is 32.0. The van der Waals surface area contributed by atoms with Crippen molar-refractivity contribution in [2.24, 2.45) is 10.4 Å². The van der Waals surface area contributed by atoms with E-state index in [1.54, 1.807) is 60.4 Å². The largest absolute Gasteiger partial charge is 0.481 e. The molecule has 2 aromatic rings. The number of likely N-dealkylation sites (N-methyl/N-ethyl adjacent to an activating group) is 1. The van der Waals surface area contributed by atoms with Crippen LogP contribution in [0, 0.1) is 11.2 Å². The fourth-order valence-electron chi connectivity index (χ4n) is 5.95. The van der Waals surface area contributed by atoms with Crippen molar-refractivity contribution >= 4 is 40.7 Å². The van der Waals surface area contributed by atoms with Crippen molar-refractivity contribution in [3.05, 3.63) is 62.5 Å². The number of carbonyl (C=O) groups excluding carboxylic acids is 1. The first-order valence-corrected chi connectivity index (χ1v) is 15.4. The number of alkyl halides is 2. The van der Waals surface area contributed by atoms with E-state index in [1.807, 2.05) is 0 Å². The van der Waals surface area contributed by atoms with Gasteiger partial charge in [0.15, 0.2) is 10.8 Å². The second-order valence-electron chi connectivity index (χ2n) is 11.7. The van der Waals surface area contributed by atoms with Crippen LogP contribution in [-0.2, 0) is 14.3 Å². The number of amidine groups is 1. The lowest BCUT2D eigenvalue weighted by atomic mass is 9.89. The minimum Gasteiger partial charge on any atom is -0.481 e. The van der Waals surface area contributed by atoms with Gasteiger partial charge in [-0.3, -0.25) is 14.7 Å². The van der Waals surface area contributed by atoms with Crippen LogP contribution in [0.25, 0.3) is 0 Å². The summed E-state index contributed by atoms with van der Waals surface area (Å²) < 4.78 is 51.6. The van der Waals surface area contributed by atoms with Gasteiger partial charge in [0.1, 0.15) is 17.9 Å². The van der Waals surface area contributed by atoms with Gasteiger partial charge in [-0.25, -0.2) is 33.0 Å². The number of aliphatic imine (C=N–C) groups is 1. The predicted octanol–water partition coefficient (Wildman–Crippen LogP) is 4.20. The van der Waals surface area contributed by atoms with Crippen LogP contribution in [0.3, 0.4) is 0 Å². The highest BCUT2D eigenvalue weighted by atomic mass is 35.5. The Bertz CT molecular complexity index is 1490. The Morgan fingerprint density at radius 1 is 1.32 bits per heavy atom. The number of aromatic nitrogens is 1. The average molecular weight is 655 g/mol. The lowest BCUT2D eigenvalue weighted by molar-refractivity contribution is -0.149. The fourth-order valence-corrected chi connectivity index (χ4v) is 6.76. The standard InChI is InChI=1S/C29H34ClF3N6O4S/c1-5-43-26(40)20-18(35-24(25-34-10-12-44-25)36-22(20)16-7-6-8-17(31)21(16)30)13-38-15-29(32,33)23-19(38)14-37(4)39(23)11-9-28(2,3)27(41)42/h6-8,10,12,19,22-23H,5,9,11,13-15H2,1-4H3,(H,35,36)(H,41,42)/t19-,22+,23+/m1/s1. The summed E-state index contributed by atoms with van der Waals surface area (Å²) in [4.78, 5) is 35.8. The molecule has 3 aliphatic rings. The quantitative estimate of drug-likeness (QED) is 0.365. The number of hydrazine groups is 1. The number of halogens is 4. The van der Waals surface area contributed by atoms with Crippen LogP contribution < -0.4 is 5.32 Å². The van der Waals surface area contributed by atoms with Gasteiger partial charge in [0.2, 0.25) is 0 Å². The first kappa shape index (κ1) is 32.4. The molecule has 3 aliphatic heterocycles. The third kappa shape index (κ3) is 6.10. The van der Waals surface area contributed by atoms with Crippen molar-refractivity contribution in [3.8, 4) is 0 Å². The Hall–Kier alpha value is -3.04. The summed E-state index contributed by atoms with van der Waals surface area (Å²) in [6.45, 7) is 4.54. The van der Waals surface area contributed by atoms with Gasteiger partial charge in [-0.05, 0) is 33.3 Å². The number of rotatable bonds is 10. The number of fused-ring (bicyclic) bond motifs is 1. The predicted molar refractivity (Wildman–Crippen MR) is 159 cm³/mol. The maximum absolute atomic E-state index is 15.8. The van der Waals surface area contributed by atoms with E-state index in [0.717, 1.165) is 0 Å². The normalized spacial score (nSPS) is 24.3. The molecule has 1 aromatic heterocycles. The molecule has 0 aliphatic carbocycles. The number of benzene rings is 1. The third-order valence-corrected chi connectivity index (χ3v) is 9.51. The minimum absolute atomic E-state index is 0.0397. The summed E-state index contributed by atoms with van der Waals surface area (Å²) in [6, 6.07) is 1.28. The zero-order valence-electron chi connectivity index (χ0n) is 24.7. The molecule has 2 fully saturated rings. The van der Waals surface area contributed by atoms with E-state index >= 15 is 8.78 Å². The second kappa shape index (κ2) is 12.4. The summed E-state index contributed by atoms with van der Waals surface area (Å²) >= 11 is 7.66. The number of thiazole rings is 1. The topological polar surface area (TPSA) is 111 Å². The number of esters is 1. The molecule has 15 heteroatoms. The summed E-state index contributed by atoms with van der Waals surface area (Å²) in [7, 11) is 1.71. The molecule has 44 heavy (non-hydrogen) atoms. The Morgan fingerprint density at radius 3 is 2.73 bits per heavy atom. The van der Waals surface area contributed by atoms with Crippen molar-refractivity contribution < 1.29 is 32.6 Å². The van der Waals surface area contributed by atoms with Crippen LogP contribution in [-0.4, -0.2) is 101 Å². The third-order valence-electron chi connectivity index (χ3n) is 8.33. The van der Waals surface area contributed by atoms with Crippen molar-refractivity contribution in [1.82, 2.24) is 25.2 Å². The van der Waals surface area contributed by atoms with Crippen LogP contribution in [0.1, 0.15) is 43.8 Å². The molecule has 0 bridgehead atoms. The van der Waals surface area contributed by atoms with Gasteiger partial charge in [-0.2, -0.15) is 0 Å². The number of hydrogen-bond acceptors (Lipinski definition) is 10. The molecule has 0 amide bonds. The van der Waals surface area contributed by atoms with Gasteiger partial charge >= 0.3 is 11.9 Å². The molecular formula is C29H34ClF3N6O4S. The summed E-state index contributed by atoms with van der Waals surface area (Å²) in [5.41, 5.74) is -0.548. The van der Waals surface area contributed by atoms with Gasteiger partial charge in [-0.1, -0.05) is 23.7 Å². The molecular weight excluding hydrogens is 621 g/mol. The molecule has 0 saturated carbocycles. The molecule has 10 nitrogen and oxygen atoms in total. The maximum Gasteiger partial charge on any atom is 0.338 e. The first-order chi connectivity index (χ1) is 20.7. The van der Waals surface area contributed by atoms with Gasteiger partial charge < -0.3 is 15.2 Å². The van der Waals surface area contributed by atoms with Crippen LogP contribution in [0.5, 0.6) is 0 Å². The van der Waals surface area contributed by atoms with E-state index in [4.69, 9.17) is 21.3 Å². The van der Waals surface area contributed by atoms with Crippen molar-refractivity contribution in [1.29, 1.82) is 0 Å². The molecule has 1 aromatic carbocycles. The number of ether oxygens (including phenoxy) is 1. The van der Waals surface area contributed by atoms with Gasteiger partial charge in [0.05, 0.1) is 29.2 Å². The van der Waals surface area contributed by atoms with Crippen molar-refractivity contribution in [2.45, 2.75) is 51.2 Å². The molecule has 4 heterocycles. The number of aliphatic carboxylic acids is 1. The lowest BCUT2D eigenvalue weighted by Gasteiger charge is -2.33. The van der Waals surface area contributed by atoms with E-state index in [1.165, 1.54) is 23.5 Å². The minimum atomic E-state index is -3.14. The molecule has 3 atom stereocenters. The smallest absolute Gasteiger partial charge is 0.338 e. The number of carboxylic acid groups (broad SMARTS) is 1. The summed E-state index contributed by atoms with van der Waals surface area (Å²) in [5, 5.41) is 18.0. The number of hydrogen-bond donors (Lipinski definition) is 2. The first-order valence-electron chi connectivity index (χ1n) is 14.2. The number of nitrogens with zero attached hydrogens (tertiary/aromatic N) is 5. The summed E-state index contributed by atoms with van der Waals surface area (Å²) in [6.07, 6.45) is 1.76. The zero-order valence-corrected chi connectivity index (χ0v) is 26.3. The lowest BCUT2D eigenvalue weighted by Crippen LogP contribution is -2.49. The van der Waals surface area contributed by atoms with E-state index in [-0.39, 0.29) is 60.4 Å². The van der Waals surface area contributed by atoms with Crippen LogP contribution in [0.4, 0.5) is 13.2 Å². The van der Waals surface area contributed by atoms with E-state index in [0.29, 0.717) is 5.01 Å². The summed E-state index contributed by atoms with van der Waals surface area (Å²) in [5.74, 6) is -5.27. The van der Waals surface area contributed by atoms with Crippen LogP contribution in [0.2, 0.25) is 5.02 Å². The Kier molecular flexibility index (Phi) is 9.11. The van der Waals surface area contributed by atoms with E-state index < -0.39 is 53.8 Å².